The van der Waals surface area contributed by atoms with Gasteiger partial charge in [0.1, 0.15) is 23.0 Å². The van der Waals surface area contributed by atoms with Gasteiger partial charge in [-0.05, 0) is 25.5 Å². The maximum absolute atomic E-state index is 13.6. The maximum atomic E-state index is 13.6. The zero-order valence-corrected chi connectivity index (χ0v) is 14.5. The molecule has 1 saturated heterocycles. The van der Waals surface area contributed by atoms with E-state index in [1.807, 2.05) is 5.32 Å². The highest BCUT2D eigenvalue weighted by Crippen LogP contribution is 2.31. The summed E-state index contributed by atoms with van der Waals surface area (Å²) in [5, 5.41) is 9.57. The third-order valence-corrected chi connectivity index (χ3v) is 4.32. The van der Waals surface area contributed by atoms with Crippen LogP contribution < -0.4 is 5.32 Å². The SMILES string of the molecule is CC(C(F)F)N1CC/C(=C(/NCc2c(F)cccc2F)C(F)(F)F)C(=N)C1=O. The third-order valence-electron chi connectivity index (χ3n) is 4.32. The lowest BCUT2D eigenvalue weighted by Gasteiger charge is -2.34. The topological polar surface area (TPSA) is 56.2 Å². The molecule has 1 aliphatic heterocycles. The Morgan fingerprint density at radius 2 is 1.82 bits per heavy atom. The molecule has 28 heavy (non-hydrogen) atoms. The van der Waals surface area contributed by atoms with Crippen molar-refractivity contribution in [2.75, 3.05) is 6.54 Å². The highest BCUT2D eigenvalue weighted by Gasteiger charge is 2.42. The zero-order valence-electron chi connectivity index (χ0n) is 14.5. The largest absolute Gasteiger partial charge is 0.431 e. The average Bonchev–Trinajstić information content (AvgIpc) is 2.59. The summed E-state index contributed by atoms with van der Waals surface area (Å²) < 4.78 is 93.2. The first-order valence-corrected chi connectivity index (χ1v) is 8.10. The Morgan fingerprint density at radius 3 is 2.32 bits per heavy atom. The number of amides is 1. The van der Waals surface area contributed by atoms with Crippen molar-refractivity contribution in [2.24, 2.45) is 0 Å². The minimum absolute atomic E-state index is 0.447. The number of carbonyl (C=O) groups is 1. The van der Waals surface area contributed by atoms with Crippen LogP contribution in [0.1, 0.15) is 18.9 Å². The van der Waals surface area contributed by atoms with E-state index in [-0.39, 0.29) is 0 Å². The number of halogens is 7. The molecule has 2 rings (SSSR count). The van der Waals surface area contributed by atoms with Crippen molar-refractivity contribution in [3.05, 3.63) is 46.7 Å². The normalized spacial score (nSPS) is 18.5. The zero-order chi connectivity index (χ0) is 21.2. The Labute approximate surface area is 155 Å². The van der Waals surface area contributed by atoms with E-state index in [0.717, 1.165) is 25.1 Å². The lowest BCUT2D eigenvalue weighted by atomic mass is 9.97. The van der Waals surface area contributed by atoms with Crippen molar-refractivity contribution in [3.8, 4) is 0 Å². The molecule has 1 aromatic rings. The Bertz CT molecular complexity index is 784. The summed E-state index contributed by atoms with van der Waals surface area (Å²) in [4.78, 5) is 12.7. The number of alkyl halides is 5. The Balaban J connectivity index is 2.34. The van der Waals surface area contributed by atoms with Crippen LogP contribution in [-0.4, -0.2) is 41.7 Å². The quantitative estimate of drug-likeness (QED) is 0.725. The number of carbonyl (C=O) groups excluding carboxylic acids is 1. The molecule has 1 aliphatic rings. The molecule has 1 aromatic carbocycles. The highest BCUT2D eigenvalue weighted by atomic mass is 19.4. The van der Waals surface area contributed by atoms with E-state index >= 15 is 0 Å². The molecule has 0 aromatic heterocycles. The van der Waals surface area contributed by atoms with Crippen LogP contribution in [0.15, 0.2) is 29.5 Å². The van der Waals surface area contributed by atoms with Gasteiger partial charge in [-0.2, -0.15) is 13.2 Å². The van der Waals surface area contributed by atoms with Crippen LogP contribution >= 0.6 is 0 Å². The van der Waals surface area contributed by atoms with Crippen LogP contribution in [-0.2, 0) is 11.3 Å². The lowest BCUT2D eigenvalue weighted by molar-refractivity contribution is -0.130. The van der Waals surface area contributed by atoms with E-state index in [2.05, 4.69) is 0 Å². The number of piperidine rings is 1. The van der Waals surface area contributed by atoms with Gasteiger partial charge in [-0.15, -0.1) is 0 Å². The van der Waals surface area contributed by atoms with Gasteiger partial charge in [-0.25, -0.2) is 17.6 Å². The molecular weight excluding hydrogens is 395 g/mol. The van der Waals surface area contributed by atoms with Gasteiger partial charge in [0.15, 0.2) is 0 Å². The van der Waals surface area contributed by atoms with Crippen molar-refractivity contribution in [1.82, 2.24) is 10.2 Å². The van der Waals surface area contributed by atoms with E-state index in [1.165, 1.54) is 0 Å². The van der Waals surface area contributed by atoms with Gasteiger partial charge in [0.25, 0.3) is 12.3 Å². The smallest absolute Gasteiger partial charge is 0.376 e. The first kappa shape index (κ1) is 21.7. The van der Waals surface area contributed by atoms with Crippen LogP contribution in [0.4, 0.5) is 30.7 Å². The molecule has 1 heterocycles. The number of hydrogen-bond donors (Lipinski definition) is 2. The molecule has 1 unspecified atom stereocenters. The number of nitrogens with one attached hydrogen (secondary N) is 2. The molecule has 4 nitrogen and oxygen atoms in total. The lowest BCUT2D eigenvalue weighted by Crippen LogP contribution is -2.50. The second-order valence-corrected chi connectivity index (χ2v) is 6.10. The molecule has 0 bridgehead atoms. The van der Waals surface area contributed by atoms with E-state index in [4.69, 9.17) is 5.41 Å². The van der Waals surface area contributed by atoms with Crippen LogP contribution in [0.2, 0.25) is 0 Å². The first-order valence-electron chi connectivity index (χ1n) is 8.10. The van der Waals surface area contributed by atoms with Gasteiger partial charge in [0.2, 0.25) is 0 Å². The monoisotopic (exact) mass is 411 g/mol. The van der Waals surface area contributed by atoms with Crippen LogP contribution in [0.3, 0.4) is 0 Å². The Kier molecular flexibility index (Phi) is 6.35. The van der Waals surface area contributed by atoms with Crippen molar-refractivity contribution in [2.45, 2.75) is 38.5 Å². The van der Waals surface area contributed by atoms with E-state index < -0.39 is 78.2 Å². The molecular formula is C17H16F7N3O. The van der Waals surface area contributed by atoms with Crippen LogP contribution in [0.25, 0.3) is 0 Å². The molecule has 0 aliphatic carbocycles. The number of hydrogen-bond acceptors (Lipinski definition) is 3. The fourth-order valence-corrected chi connectivity index (χ4v) is 2.76. The summed E-state index contributed by atoms with van der Waals surface area (Å²) in [6.07, 6.45) is -8.49. The maximum Gasteiger partial charge on any atom is 0.431 e. The summed E-state index contributed by atoms with van der Waals surface area (Å²) >= 11 is 0. The van der Waals surface area contributed by atoms with E-state index in [1.54, 1.807) is 0 Å². The third kappa shape index (κ3) is 4.45. The summed E-state index contributed by atoms with van der Waals surface area (Å²) in [6, 6.07) is 1.22. The van der Waals surface area contributed by atoms with Gasteiger partial charge >= 0.3 is 6.18 Å². The van der Waals surface area contributed by atoms with Crippen LogP contribution in [0.5, 0.6) is 0 Å². The minimum atomic E-state index is -5.06. The molecule has 1 amide bonds. The molecule has 0 saturated carbocycles. The van der Waals surface area contributed by atoms with Crippen molar-refractivity contribution in [1.29, 1.82) is 5.41 Å². The van der Waals surface area contributed by atoms with Gasteiger partial charge in [-0.1, -0.05) is 6.07 Å². The second-order valence-electron chi connectivity index (χ2n) is 6.10. The van der Waals surface area contributed by atoms with Crippen molar-refractivity contribution in [3.63, 3.8) is 0 Å². The molecule has 0 spiro atoms. The van der Waals surface area contributed by atoms with Gasteiger partial charge in [0, 0.05) is 24.2 Å². The number of nitrogens with zero attached hydrogens (tertiary/aromatic N) is 1. The fourth-order valence-electron chi connectivity index (χ4n) is 2.76. The number of rotatable bonds is 5. The summed E-state index contributed by atoms with van der Waals surface area (Å²) in [5.41, 5.74) is -3.98. The predicted molar refractivity (Wildman–Crippen MR) is 85.8 cm³/mol. The molecule has 11 heteroatoms. The standard InChI is InChI=1S/C17H16F7N3O/c1-8(15(20)21)27-6-5-9(13(25)16(27)28)14(17(22,23)24)26-7-10-11(18)3-2-4-12(10)19/h2-4,8,15,25-26H,5-7H2,1H3/b14-9-,25-13?. The van der Waals surface area contributed by atoms with Gasteiger partial charge in [-0.3, -0.25) is 10.2 Å². The summed E-state index contributed by atoms with van der Waals surface area (Å²) in [7, 11) is 0. The van der Waals surface area contributed by atoms with Crippen LogP contribution in [0, 0.1) is 17.0 Å². The van der Waals surface area contributed by atoms with E-state index in [9.17, 15) is 35.5 Å². The summed E-state index contributed by atoms with van der Waals surface area (Å²) in [6.45, 7) is -0.304. The van der Waals surface area contributed by atoms with Gasteiger partial charge < -0.3 is 10.2 Å². The first-order chi connectivity index (χ1) is 12.9. The Hall–Kier alpha value is -2.59. The molecule has 154 valence electrons. The molecule has 0 radical (unpaired) electrons. The van der Waals surface area contributed by atoms with E-state index in [0.29, 0.717) is 4.90 Å². The van der Waals surface area contributed by atoms with Crippen molar-refractivity contribution >= 4 is 11.6 Å². The fraction of sp³-hybridized carbons (Fsp3) is 0.412. The second kappa shape index (κ2) is 8.19. The number of allylic oxidation sites excluding steroid dienone is 1. The molecule has 2 N–H and O–H groups in total. The van der Waals surface area contributed by atoms with Gasteiger partial charge in [0.05, 0.1) is 6.04 Å². The average molecular weight is 411 g/mol. The molecule has 1 fully saturated rings. The highest BCUT2D eigenvalue weighted by molar-refractivity contribution is 6.44. The Morgan fingerprint density at radius 1 is 1.25 bits per heavy atom. The van der Waals surface area contributed by atoms with Crippen molar-refractivity contribution < 1.29 is 35.5 Å². The number of likely N-dealkylation sites (tertiary alicyclic amines) is 1. The summed E-state index contributed by atoms with van der Waals surface area (Å²) in [5.74, 6) is -3.40. The number of benzene rings is 1. The molecule has 1 atom stereocenters. The minimum Gasteiger partial charge on any atom is -0.376 e. The predicted octanol–water partition coefficient (Wildman–Crippen LogP) is 3.78.